The molecule has 12 heteroatoms. The highest BCUT2D eigenvalue weighted by Gasteiger charge is 2.13. The van der Waals surface area contributed by atoms with Crippen LogP contribution in [0.25, 0.3) is 22.8 Å². The lowest BCUT2D eigenvalue weighted by Gasteiger charge is -2.09. The molecule has 7 rings (SSSR count). The largest absolute Gasteiger partial charge is 0.494 e. The Morgan fingerprint density at radius 1 is 0.272 bits per heavy atom. The molecule has 0 radical (unpaired) electrons. The maximum absolute atomic E-state index is 12.9. The average Bonchev–Trinajstić information content (AvgIpc) is 2.63. The standard InChI is InChI=1S/C80H106N4O8/c1-3-5-7-9-11-13-15-18-23-29-35-65-61-81-77(82-62-65)67-37-45-71(46-38-67)87-57-31-25-20-17-21-26-32-58-89-73-49-41-69(42-50-73)79(85)91-75-53-55-76(56-54-75)92-80(86)70-43-51-74(52-44-70)90-60-34-28-22-27-33-59-88-72-47-39-68(40-48-72)78-83-63-66(64-84-78)36-30-24-19-16-14-12-10-8-6-4-2/h37-56,61-64H,3-36,57-60H2,1-2H3. The molecular formula is C80H106N4O8. The van der Waals surface area contributed by atoms with E-state index in [0.29, 0.717) is 60.6 Å². The van der Waals surface area contributed by atoms with Crippen molar-refractivity contribution in [1.82, 2.24) is 19.9 Å². The van der Waals surface area contributed by atoms with Crippen LogP contribution >= 0.6 is 0 Å². The van der Waals surface area contributed by atoms with E-state index in [2.05, 4.69) is 33.8 Å². The van der Waals surface area contributed by atoms with Crippen molar-refractivity contribution in [3.63, 3.8) is 0 Å². The highest BCUT2D eigenvalue weighted by Crippen LogP contribution is 2.26. The molecule has 7 aromatic rings. The molecule has 0 aliphatic heterocycles. The van der Waals surface area contributed by atoms with E-state index in [-0.39, 0.29) is 0 Å². The van der Waals surface area contributed by atoms with Crippen LogP contribution in [-0.2, 0) is 12.8 Å². The average molecular weight is 1250 g/mol. The quantitative estimate of drug-likeness (QED) is 0.0204. The van der Waals surface area contributed by atoms with E-state index < -0.39 is 11.9 Å². The molecule has 0 amide bonds. The van der Waals surface area contributed by atoms with E-state index in [9.17, 15) is 9.59 Å². The van der Waals surface area contributed by atoms with Gasteiger partial charge in [0.05, 0.1) is 37.6 Å². The molecule has 494 valence electrons. The summed E-state index contributed by atoms with van der Waals surface area (Å²) in [5, 5.41) is 0. The second-order valence-electron chi connectivity index (χ2n) is 24.7. The first kappa shape index (κ1) is 71.8. The van der Waals surface area contributed by atoms with Gasteiger partial charge in [-0.05, 0) is 184 Å². The molecular weight excluding hydrogens is 1140 g/mol. The van der Waals surface area contributed by atoms with Crippen molar-refractivity contribution < 1.29 is 38.0 Å². The number of nitrogens with zero attached hydrogens (tertiary/aromatic N) is 4. The smallest absolute Gasteiger partial charge is 0.343 e. The van der Waals surface area contributed by atoms with Gasteiger partial charge in [-0.15, -0.1) is 0 Å². The van der Waals surface area contributed by atoms with Crippen molar-refractivity contribution in [2.45, 2.75) is 232 Å². The molecule has 12 nitrogen and oxygen atoms in total. The zero-order valence-corrected chi connectivity index (χ0v) is 55.8. The maximum atomic E-state index is 12.9. The van der Waals surface area contributed by atoms with Gasteiger partial charge in [0, 0.05) is 35.9 Å². The summed E-state index contributed by atoms with van der Waals surface area (Å²) >= 11 is 0. The fourth-order valence-corrected chi connectivity index (χ4v) is 11.2. The van der Waals surface area contributed by atoms with Crippen molar-refractivity contribution in [2.75, 3.05) is 26.4 Å². The van der Waals surface area contributed by atoms with Gasteiger partial charge in [-0.1, -0.05) is 181 Å². The lowest BCUT2D eigenvalue weighted by atomic mass is 10.0. The van der Waals surface area contributed by atoms with Crippen molar-refractivity contribution >= 4 is 11.9 Å². The second-order valence-corrected chi connectivity index (χ2v) is 24.7. The number of ether oxygens (including phenoxy) is 6. The molecule has 0 saturated carbocycles. The third-order valence-corrected chi connectivity index (χ3v) is 16.9. The number of esters is 2. The van der Waals surface area contributed by atoms with Crippen LogP contribution in [0.5, 0.6) is 34.5 Å². The number of unbranched alkanes of at least 4 members (excludes halogenated alkanes) is 28. The number of hydrogen-bond acceptors (Lipinski definition) is 12. The van der Waals surface area contributed by atoms with E-state index >= 15 is 0 Å². The SMILES string of the molecule is CCCCCCCCCCCCc1cnc(-c2ccc(OCCCCCCCCCOc3ccc(C(=O)Oc4ccc(OC(=O)c5ccc(OCCCCCCCOc6ccc(-c7ncc(CCCCCCCCCCCC)cn7)cc6)cc5)cc4)cc3)cc2)nc1. The number of aromatic nitrogens is 4. The van der Waals surface area contributed by atoms with Crippen molar-refractivity contribution in [3.05, 3.63) is 168 Å². The normalized spacial score (nSPS) is 11.2. The van der Waals surface area contributed by atoms with Crippen molar-refractivity contribution in [1.29, 1.82) is 0 Å². The molecule has 2 heterocycles. The molecule has 92 heavy (non-hydrogen) atoms. The molecule has 5 aromatic carbocycles. The van der Waals surface area contributed by atoms with Gasteiger partial charge in [-0.3, -0.25) is 0 Å². The minimum Gasteiger partial charge on any atom is -0.494 e. The summed E-state index contributed by atoms with van der Waals surface area (Å²) in [5.74, 6) is 4.33. The van der Waals surface area contributed by atoms with Gasteiger partial charge in [-0.2, -0.15) is 0 Å². The summed E-state index contributed by atoms with van der Waals surface area (Å²) in [7, 11) is 0. The summed E-state index contributed by atoms with van der Waals surface area (Å²) in [6.07, 6.45) is 49.8. The van der Waals surface area contributed by atoms with Crippen LogP contribution in [0.1, 0.15) is 251 Å². The van der Waals surface area contributed by atoms with Crippen LogP contribution in [0, 0.1) is 0 Å². The van der Waals surface area contributed by atoms with Crippen LogP contribution in [0.3, 0.4) is 0 Å². The zero-order chi connectivity index (χ0) is 64.1. The lowest BCUT2D eigenvalue weighted by molar-refractivity contribution is 0.0719. The lowest BCUT2D eigenvalue weighted by Crippen LogP contribution is -2.09. The molecule has 2 aromatic heterocycles. The summed E-state index contributed by atoms with van der Waals surface area (Å²) in [4.78, 5) is 44.5. The second kappa shape index (κ2) is 44.8. The summed E-state index contributed by atoms with van der Waals surface area (Å²) < 4.78 is 35.1. The van der Waals surface area contributed by atoms with Gasteiger partial charge >= 0.3 is 11.9 Å². The fourth-order valence-electron chi connectivity index (χ4n) is 11.2. The molecule has 0 unspecified atom stereocenters. The molecule has 0 atom stereocenters. The summed E-state index contributed by atoms with van der Waals surface area (Å²) in [6, 6.07) is 36.5. The number of carbonyl (C=O) groups excluding carboxylic acids is 2. The van der Waals surface area contributed by atoms with Crippen LogP contribution < -0.4 is 28.4 Å². The van der Waals surface area contributed by atoms with Gasteiger partial charge in [0.2, 0.25) is 0 Å². The minimum absolute atomic E-state index is 0.334. The van der Waals surface area contributed by atoms with Crippen molar-refractivity contribution in [3.8, 4) is 57.3 Å². The first-order valence-electron chi connectivity index (χ1n) is 35.5. The Hall–Kier alpha value is -7.60. The van der Waals surface area contributed by atoms with Crippen molar-refractivity contribution in [2.24, 2.45) is 0 Å². The Morgan fingerprint density at radius 3 is 0.772 bits per heavy atom. The van der Waals surface area contributed by atoms with Crippen LogP contribution in [0.4, 0.5) is 0 Å². The first-order chi connectivity index (χ1) is 45.4. The van der Waals surface area contributed by atoms with Crippen LogP contribution in [-0.4, -0.2) is 58.3 Å². The number of hydrogen-bond donors (Lipinski definition) is 0. The molecule has 0 aliphatic rings. The van der Waals surface area contributed by atoms with E-state index in [1.165, 1.54) is 152 Å². The van der Waals surface area contributed by atoms with Gasteiger partial charge in [0.25, 0.3) is 0 Å². The highest BCUT2D eigenvalue weighted by atomic mass is 16.5. The molecule has 0 fully saturated rings. The van der Waals surface area contributed by atoms with Gasteiger partial charge < -0.3 is 28.4 Å². The number of aryl methyl sites for hydroxylation is 2. The van der Waals surface area contributed by atoms with Crippen LogP contribution in [0.2, 0.25) is 0 Å². The van der Waals surface area contributed by atoms with E-state index in [1.54, 1.807) is 72.8 Å². The summed E-state index contributed by atoms with van der Waals surface area (Å²) in [6.45, 7) is 7.15. The first-order valence-corrected chi connectivity index (χ1v) is 35.5. The van der Waals surface area contributed by atoms with Gasteiger partial charge in [0.15, 0.2) is 11.6 Å². The Morgan fingerprint density at radius 2 is 0.500 bits per heavy atom. The topological polar surface area (TPSA) is 141 Å². The predicted octanol–water partition coefficient (Wildman–Crippen LogP) is 21.6. The highest BCUT2D eigenvalue weighted by molar-refractivity contribution is 5.92. The third-order valence-electron chi connectivity index (χ3n) is 16.9. The number of rotatable bonds is 50. The fraction of sp³-hybridized carbons (Fsp3) is 0.500. The van der Waals surface area contributed by atoms with E-state index in [4.69, 9.17) is 28.4 Å². The number of carbonyl (C=O) groups is 2. The van der Waals surface area contributed by atoms with E-state index in [0.717, 1.165) is 111 Å². The molecule has 0 spiro atoms. The van der Waals surface area contributed by atoms with E-state index in [1.807, 2.05) is 73.3 Å². The molecule has 0 bridgehead atoms. The summed E-state index contributed by atoms with van der Waals surface area (Å²) in [5.41, 5.74) is 5.23. The zero-order valence-electron chi connectivity index (χ0n) is 55.8. The van der Waals surface area contributed by atoms with Gasteiger partial charge in [0.1, 0.15) is 34.5 Å². The predicted molar refractivity (Wildman–Crippen MR) is 373 cm³/mol. The van der Waals surface area contributed by atoms with Gasteiger partial charge in [-0.25, -0.2) is 29.5 Å². The third kappa shape index (κ3) is 29.3. The number of benzene rings is 5. The Balaban J connectivity index is 0.643. The monoisotopic (exact) mass is 1250 g/mol. The van der Waals surface area contributed by atoms with Crippen LogP contribution in [0.15, 0.2) is 146 Å². The molecule has 0 aliphatic carbocycles. The Bertz CT molecular complexity index is 3030. The maximum Gasteiger partial charge on any atom is 0.343 e. The molecule has 0 saturated heterocycles. The minimum atomic E-state index is -0.497. The Kier molecular flexibility index (Phi) is 35.0. The Labute approximate surface area is 551 Å². The molecule has 0 N–H and O–H groups in total.